The molecule has 0 radical (unpaired) electrons. The molecule has 0 saturated carbocycles. The molecular formula is C10H11BrN4O3. The zero-order valence-corrected chi connectivity index (χ0v) is 11.5. The van der Waals surface area contributed by atoms with Crippen LogP contribution >= 0.6 is 15.9 Å². The molecule has 0 spiro atoms. The van der Waals surface area contributed by atoms with Gasteiger partial charge in [0.1, 0.15) is 12.1 Å². The maximum Gasteiger partial charge on any atom is 0.315 e. The van der Waals surface area contributed by atoms with Crippen LogP contribution in [0.1, 0.15) is 12.8 Å². The SMILES string of the molecule is CCn1ncc(Br)c1-c1nnc(CC(=O)OC)o1. The van der Waals surface area contributed by atoms with Crippen molar-refractivity contribution < 1.29 is 13.9 Å². The van der Waals surface area contributed by atoms with E-state index in [2.05, 4.69) is 36.0 Å². The molecule has 0 unspecified atom stereocenters. The number of ether oxygens (including phenoxy) is 1. The Morgan fingerprint density at radius 3 is 3.00 bits per heavy atom. The van der Waals surface area contributed by atoms with E-state index >= 15 is 0 Å². The lowest BCUT2D eigenvalue weighted by molar-refractivity contribution is -0.140. The van der Waals surface area contributed by atoms with Crippen molar-refractivity contribution in [1.82, 2.24) is 20.0 Å². The number of hydrogen-bond donors (Lipinski definition) is 0. The highest BCUT2D eigenvalue weighted by Gasteiger charge is 2.18. The van der Waals surface area contributed by atoms with Crippen molar-refractivity contribution in [3.05, 3.63) is 16.6 Å². The van der Waals surface area contributed by atoms with Gasteiger partial charge < -0.3 is 9.15 Å². The molecule has 0 amide bonds. The Morgan fingerprint density at radius 1 is 1.56 bits per heavy atom. The maximum absolute atomic E-state index is 11.1. The number of aromatic nitrogens is 4. The van der Waals surface area contributed by atoms with Crippen LogP contribution in [0.4, 0.5) is 0 Å². The molecule has 0 saturated heterocycles. The normalized spacial score (nSPS) is 10.6. The van der Waals surface area contributed by atoms with Gasteiger partial charge >= 0.3 is 5.97 Å². The van der Waals surface area contributed by atoms with E-state index in [1.165, 1.54) is 7.11 Å². The van der Waals surface area contributed by atoms with Crippen molar-refractivity contribution in [2.45, 2.75) is 19.9 Å². The minimum atomic E-state index is -0.423. The molecule has 2 heterocycles. The molecule has 0 atom stereocenters. The molecule has 0 fully saturated rings. The largest absolute Gasteiger partial charge is 0.469 e. The van der Waals surface area contributed by atoms with Gasteiger partial charge in [-0.3, -0.25) is 9.48 Å². The van der Waals surface area contributed by atoms with Crippen LogP contribution in [0.3, 0.4) is 0 Å². The third-order valence-corrected chi connectivity index (χ3v) is 2.87. The fraction of sp³-hybridized carbons (Fsp3) is 0.400. The Labute approximate surface area is 111 Å². The van der Waals surface area contributed by atoms with E-state index in [1.54, 1.807) is 10.9 Å². The average molecular weight is 315 g/mol. The fourth-order valence-electron chi connectivity index (χ4n) is 1.43. The van der Waals surface area contributed by atoms with Crippen molar-refractivity contribution in [2.75, 3.05) is 7.11 Å². The molecule has 0 aliphatic rings. The van der Waals surface area contributed by atoms with E-state index < -0.39 is 5.97 Å². The highest BCUT2D eigenvalue weighted by atomic mass is 79.9. The predicted molar refractivity (Wildman–Crippen MR) is 64.6 cm³/mol. The van der Waals surface area contributed by atoms with Gasteiger partial charge in [0.2, 0.25) is 5.89 Å². The third kappa shape index (κ3) is 2.42. The summed E-state index contributed by atoms with van der Waals surface area (Å²) in [5.74, 6) is 0.112. The third-order valence-electron chi connectivity index (χ3n) is 2.29. The fourth-order valence-corrected chi connectivity index (χ4v) is 1.90. The second-order valence-electron chi connectivity index (χ2n) is 3.41. The average Bonchev–Trinajstić information content (AvgIpc) is 2.95. The second-order valence-corrected chi connectivity index (χ2v) is 4.27. The van der Waals surface area contributed by atoms with Gasteiger partial charge in [-0.25, -0.2) is 0 Å². The number of hydrogen-bond acceptors (Lipinski definition) is 6. The smallest absolute Gasteiger partial charge is 0.315 e. The summed E-state index contributed by atoms with van der Waals surface area (Å²) in [6, 6.07) is 0. The Kier molecular flexibility index (Phi) is 3.75. The van der Waals surface area contributed by atoms with E-state index in [-0.39, 0.29) is 12.3 Å². The van der Waals surface area contributed by atoms with E-state index in [4.69, 9.17) is 4.42 Å². The van der Waals surface area contributed by atoms with Gasteiger partial charge in [0, 0.05) is 6.54 Å². The number of nitrogens with zero attached hydrogens (tertiary/aromatic N) is 4. The summed E-state index contributed by atoms with van der Waals surface area (Å²) in [4.78, 5) is 11.1. The molecule has 18 heavy (non-hydrogen) atoms. The standard InChI is InChI=1S/C10H11BrN4O3/c1-3-15-9(6(11)5-12-15)10-14-13-7(18-10)4-8(16)17-2/h5H,3-4H2,1-2H3. The van der Waals surface area contributed by atoms with Crippen molar-refractivity contribution >= 4 is 21.9 Å². The Bertz CT molecular complexity index is 563. The summed E-state index contributed by atoms with van der Waals surface area (Å²) < 4.78 is 12.4. The number of carbonyl (C=O) groups is 1. The number of carbonyl (C=O) groups excluding carboxylic acids is 1. The molecule has 0 N–H and O–H groups in total. The number of esters is 1. The Morgan fingerprint density at radius 2 is 2.33 bits per heavy atom. The minimum absolute atomic E-state index is 0.0403. The molecule has 7 nitrogen and oxygen atoms in total. The van der Waals surface area contributed by atoms with Crippen molar-refractivity contribution in [3.8, 4) is 11.6 Å². The van der Waals surface area contributed by atoms with Gasteiger partial charge in [0.15, 0.2) is 0 Å². The number of aryl methyl sites for hydroxylation is 1. The molecule has 8 heteroatoms. The van der Waals surface area contributed by atoms with Crippen LogP contribution in [0.15, 0.2) is 15.1 Å². The van der Waals surface area contributed by atoms with Gasteiger partial charge in [0.25, 0.3) is 5.89 Å². The molecule has 2 rings (SSSR count). The summed E-state index contributed by atoms with van der Waals surface area (Å²) >= 11 is 3.37. The van der Waals surface area contributed by atoms with Crippen molar-refractivity contribution in [3.63, 3.8) is 0 Å². The molecule has 0 aliphatic heterocycles. The van der Waals surface area contributed by atoms with Gasteiger partial charge in [-0.2, -0.15) is 5.10 Å². The Balaban J connectivity index is 2.29. The molecule has 0 aliphatic carbocycles. The molecular weight excluding hydrogens is 304 g/mol. The lowest BCUT2D eigenvalue weighted by atomic mass is 10.4. The van der Waals surface area contributed by atoms with Crippen LogP contribution in [0, 0.1) is 0 Å². The highest BCUT2D eigenvalue weighted by Crippen LogP contribution is 2.26. The van der Waals surface area contributed by atoms with Crippen LogP contribution < -0.4 is 0 Å². The monoisotopic (exact) mass is 314 g/mol. The number of rotatable bonds is 4. The first kappa shape index (κ1) is 12.7. The summed E-state index contributed by atoms with van der Waals surface area (Å²) in [6.45, 7) is 2.63. The van der Waals surface area contributed by atoms with Gasteiger partial charge in [-0.15, -0.1) is 10.2 Å². The van der Waals surface area contributed by atoms with Gasteiger partial charge in [-0.05, 0) is 22.9 Å². The van der Waals surface area contributed by atoms with Crippen molar-refractivity contribution in [1.29, 1.82) is 0 Å². The first-order chi connectivity index (χ1) is 8.65. The van der Waals surface area contributed by atoms with E-state index in [1.807, 2.05) is 6.92 Å². The summed E-state index contributed by atoms with van der Waals surface area (Å²) in [7, 11) is 1.31. The molecule has 2 aromatic rings. The first-order valence-corrected chi connectivity index (χ1v) is 6.05. The predicted octanol–water partition coefficient (Wildman–Crippen LogP) is 1.43. The van der Waals surface area contributed by atoms with Crippen LogP contribution in [0.2, 0.25) is 0 Å². The van der Waals surface area contributed by atoms with E-state index in [0.29, 0.717) is 18.1 Å². The maximum atomic E-state index is 11.1. The van der Waals surface area contributed by atoms with E-state index in [0.717, 1.165) is 4.47 Å². The quantitative estimate of drug-likeness (QED) is 0.794. The molecule has 0 aromatic carbocycles. The molecule has 0 bridgehead atoms. The van der Waals surface area contributed by atoms with Gasteiger partial charge in [0.05, 0.1) is 17.8 Å². The Hall–Kier alpha value is -1.70. The van der Waals surface area contributed by atoms with Crippen LogP contribution in [0.25, 0.3) is 11.6 Å². The van der Waals surface area contributed by atoms with Gasteiger partial charge in [-0.1, -0.05) is 0 Å². The molecule has 2 aromatic heterocycles. The topological polar surface area (TPSA) is 83.0 Å². The van der Waals surface area contributed by atoms with Crippen LogP contribution in [0.5, 0.6) is 0 Å². The highest BCUT2D eigenvalue weighted by molar-refractivity contribution is 9.10. The van der Waals surface area contributed by atoms with Crippen LogP contribution in [-0.2, 0) is 22.5 Å². The lowest BCUT2D eigenvalue weighted by Gasteiger charge is -1.99. The summed E-state index contributed by atoms with van der Waals surface area (Å²) in [5.41, 5.74) is 0.695. The minimum Gasteiger partial charge on any atom is -0.469 e. The molecule has 96 valence electrons. The zero-order chi connectivity index (χ0) is 13.1. The van der Waals surface area contributed by atoms with Crippen molar-refractivity contribution in [2.24, 2.45) is 0 Å². The lowest BCUT2D eigenvalue weighted by Crippen LogP contribution is -2.04. The number of halogens is 1. The summed E-state index contributed by atoms with van der Waals surface area (Å²) in [6.07, 6.45) is 1.62. The van der Waals surface area contributed by atoms with Crippen LogP contribution in [-0.4, -0.2) is 33.1 Å². The first-order valence-electron chi connectivity index (χ1n) is 5.26. The number of methoxy groups -OCH3 is 1. The summed E-state index contributed by atoms with van der Waals surface area (Å²) in [5, 5.41) is 11.8. The second kappa shape index (κ2) is 5.30. The zero-order valence-electron chi connectivity index (χ0n) is 9.88. The van der Waals surface area contributed by atoms with E-state index in [9.17, 15) is 4.79 Å².